The van der Waals surface area contributed by atoms with Crippen LogP contribution in [-0.4, -0.2) is 4.37 Å². The predicted molar refractivity (Wildman–Crippen MR) is 68.9 cm³/mol. The molecule has 2 heteroatoms. The Balaban J connectivity index is 3.37. The van der Waals surface area contributed by atoms with Crippen molar-refractivity contribution in [1.29, 1.82) is 0 Å². The maximum absolute atomic E-state index is 4.67. The topological polar surface area (TPSA) is 12.9 Å². The number of hydrogen-bond acceptors (Lipinski definition) is 2. The Hall–Kier alpha value is -0.370. The Morgan fingerprint density at radius 2 is 1.53 bits per heavy atom. The molecule has 0 fully saturated rings. The van der Waals surface area contributed by atoms with Crippen LogP contribution in [0.3, 0.4) is 0 Å². The molecule has 0 spiro atoms. The molecule has 0 unspecified atom stereocenters. The van der Waals surface area contributed by atoms with E-state index in [1.54, 1.807) is 11.5 Å². The monoisotopic (exact) mass is 225 g/mol. The maximum Gasteiger partial charge on any atom is 0.0635 e. The van der Waals surface area contributed by atoms with Crippen LogP contribution < -0.4 is 0 Å². The van der Waals surface area contributed by atoms with Crippen molar-refractivity contribution < 1.29 is 0 Å². The second kappa shape index (κ2) is 3.89. The lowest BCUT2D eigenvalue weighted by atomic mass is 9.78. The molecule has 0 aromatic carbocycles. The largest absolute Gasteiger partial charge is 0.197 e. The van der Waals surface area contributed by atoms with Crippen molar-refractivity contribution in [3.8, 4) is 0 Å². The zero-order valence-electron chi connectivity index (χ0n) is 11.1. The summed E-state index contributed by atoms with van der Waals surface area (Å²) in [6, 6.07) is 0. The Morgan fingerprint density at radius 1 is 1.00 bits per heavy atom. The third-order valence-corrected chi connectivity index (χ3v) is 3.53. The molecule has 0 aliphatic rings. The Bertz CT molecular complexity index is 336. The van der Waals surface area contributed by atoms with Gasteiger partial charge in [0.25, 0.3) is 0 Å². The van der Waals surface area contributed by atoms with Gasteiger partial charge >= 0.3 is 0 Å². The summed E-state index contributed by atoms with van der Waals surface area (Å²) in [6.45, 7) is 15.8. The second-order valence-corrected chi connectivity index (χ2v) is 7.04. The first-order valence-corrected chi connectivity index (χ1v) is 6.44. The molecule has 0 bridgehead atoms. The average molecular weight is 225 g/mol. The fraction of sp³-hybridized carbons (Fsp3) is 0.769. The van der Waals surface area contributed by atoms with Crippen molar-refractivity contribution >= 4 is 11.5 Å². The van der Waals surface area contributed by atoms with Crippen molar-refractivity contribution in [3.05, 3.63) is 16.1 Å². The van der Waals surface area contributed by atoms with Crippen LogP contribution in [0.25, 0.3) is 0 Å². The number of nitrogens with zero attached hydrogens (tertiary/aromatic N) is 1. The van der Waals surface area contributed by atoms with Crippen LogP contribution in [0, 0.1) is 0 Å². The molecule has 0 radical (unpaired) electrons. The lowest BCUT2D eigenvalue weighted by Crippen LogP contribution is -2.22. The molecule has 0 amide bonds. The van der Waals surface area contributed by atoms with Crippen LogP contribution in [0.5, 0.6) is 0 Å². The third-order valence-electron chi connectivity index (χ3n) is 2.54. The van der Waals surface area contributed by atoms with Gasteiger partial charge in [0.15, 0.2) is 0 Å². The fourth-order valence-corrected chi connectivity index (χ4v) is 3.04. The van der Waals surface area contributed by atoms with E-state index >= 15 is 0 Å². The Labute approximate surface area is 98.1 Å². The molecule has 0 aliphatic heterocycles. The van der Waals surface area contributed by atoms with Crippen LogP contribution in [0.4, 0.5) is 0 Å². The van der Waals surface area contributed by atoms with Gasteiger partial charge in [-0.05, 0) is 28.9 Å². The van der Waals surface area contributed by atoms with Gasteiger partial charge in [0.2, 0.25) is 0 Å². The first-order valence-electron chi connectivity index (χ1n) is 5.67. The third kappa shape index (κ3) is 2.60. The van der Waals surface area contributed by atoms with E-state index in [1.807, 2.05) is 0 Å². The summed E-state index contributed by atoms with van der Waals surface area (Å²) in [4.78, 5) is 1.45. The normalized spacial score (nSPS) is 13.3. The molecule has 1 aromatic rings. The van der Waals surface area contributed by atoms with Crippen molar-refractivity contribution in [2.75, 3.05) is 0 Å². The SMILES string of the molecule is CCc1snc(C(C)(C)C)c1C(C)(C)C. The lowest BCUT2D eigenvalue weighted by molar-refractivity contribution is 0.519. The van der Waals surface area contributed by atoms with Crippen LogP contribution >= 0.6 is 11.5 Å². The standard InChI is InChI=1S/C13H23NS/c1-8-9-10(12(2,3)4)11(14-15-9)13(5,6)7/h8H2,1-7H3. The Kier molecular flexibility index (Phi) is 3.30. The van der Waals surface area contributed by atoms with Gasteiger partial charge in [-0.15, -0.1) is 0 Å². The van der Waals surface area contributed by atoms with E-state index < -0.39 is 0 Å². The van der Waals surface area contributed by atoms with Gasteiger partial charge in [0.05, 0.1) is 5.69 Å². The van der Waals surface area contributed by atoms with Gasteiger partial charge < -0.3 is 0 Å². The van der Waals surface area contributed by atoms with Crippen molar-refractivity contribution in [2.45, 2.75) is 65.7 Å². The molecule has 1 aromatic heterocycles. The average Bonchev–Trinajstić information content (AvgIpc) is 2.44. The molecular weight excluding hydrogens is 202 g/mol. The Morgan fingerprint density at radius 3 is 1.87 bits per heavy atom. The summed E-state index contributed by atoms with van der Waals surface area (Å²) in [7, 11) is 0. The van der Waals surface area contributed by atoms with Crippen LogP contribution in [0.1, 0.15) is 64.6 Å². The summed E-state index contributed by atoms with van der Waals surface area (Å²) >= 11 is 1.68. The second-order valence-electron chi connectivity index (χ2n) is 6.18. The van der Waals surface area contributed by atoms with Gasteiger partial charge in [0.1, 0.15) is 0 Å². The van der Waals surface area contributed by atoms with Gasteiger partial charge in [-0.25, -0.2) is 0 Å². The molecular formula is C13H23NS. The number of rotatable bonds is 1. The predicted octanol–water partition coefficient (Wildman–Crippen LogP) is 4.30. The zero-order valence-corrected chi connectivity index (χ0v) is 11.9. The van der Waals surface area contributed by atoms with Crippen molar-refractivity contribution in [2.24, 2.45) is 0 Å². The van der Waals surface area contributed by atoms with E-state index in [1.165, 1.54) is 16.1 Å². The summed E-state index contributed by atoms with van der Waals surface area (Å²) in [6.07, 6.45) is 1.10. The van der Waals surface area contributed by atoms with E-state index in [4.69, 9.17) is 0 Å². The van der Waals surface area contributed by atoms with Crippen LogP contribution in [0.2, 0.25) is 0 Å². The highest BCUT2D eigenvalue weighted by molar-refractivity contribution is 7.06. The molecule has 1 rings (SSSR count). The van der Waals surface area contributed by atoms with Gasteiger partial charge in [-0.3, -0.25) is 0 Å². The fourth-order valence-electron chi connectivity index (χ4n) is 1.85. The highest BCUT2D eigenvalue weighted by atomic mass is 32.1. The van der Waals surface area contributed by atoms with Gasteiger partial charge in [0, 0.05) is 10.3 Å². The van der Waals surface area contributed by atoms with Crippen LogP contribution in [0.15, 0.2) is 0 Å². The first kappa shape index (κ1) is 12.7. The summed E-state index contributed by atoms with van der Waals surface area (Å²) in [5.41, 5.74) is 3.13. The minimum atomic E-state index is 0.159. The molecule has 0 saturated carbocycles. The van der Waals surface area contributed by atoms with E-state index in [9.17, 15) is 0 Å². The maximum atomic E-state index is 4.67. The van der Waals surface area contributed by atoms with Crippen molar-refractivity contribution in [3.63, 3.8) is 0 Å². The van der Waals surface area contributed by atoms with E-state index in [-0.39, 0.29) is 10.8 Å². The summed E-state index contributed by atoms with van der Waals surface area (Å²) < 4.78 is 4.67. The molecule has 86 valence electrons. The molecule has 0 N–H and O–H groups in total. The van der Waals surface area contributed by atoms with Gasteiger partial charge in [-0.2, -0.15) is 4.37 Å². The quantitative estimate of drug-likeness (QED) is 0.694. The molecule has 1 heterocycles. The minimum Gasteiger partial charge on any atom is -0.197 e. The lowest BCUT2D eigenvalue weighted by Gasteiger charge is -2.26. The smallest absolute Gasteiger partial charge is 0.0635 e. The summed E-state index contributed by atoms with van der Waals surface area (Å²) in [5.74, 6) is 0. The molecule has 0 aliphatic carbocycles. The molecule has 15 heavy (non-hydrogen) atoms. The minimum absolute atomic E-state index is 0.159. The molecule has 1 nitrogen and oxygen atoms in total. The van der Waals surface area contributed by atoms with E-state index in [0.29, 0.717) is 0 Å². The molecule has 0 saturated heterocycles. The zero-order chi connectivity index (χ0) is 11.9. The van der Waals surface area contributed by atoms with E-state index in [2.05, 4.69) is 52.8 Å². The van der Waals surface area contributed by atoms with Crippen molar-refractivity contribution in [1.82, 2.24) is 4.37 Å². The number of aryl methyl sites for hydroxylation is 1. The molecule has 0 atom stereocenters. The van der Waals surface area contributed by atoms with Crippen LogP contribution in [-0.2, 0) is 17.3 Å². The highest BCUT2D eigenvalue weighted by Gasteiger charge is 2.30. The highest BCUT2D eigenvalue weighted by Crippen LogP contribution is 2.37. The summed E-state index contributed by atoms with van der Waals surface area (Å²) in [5, 5.41) is 0. The number of hydrogen-bond donors (Lipinski definition) is 0. The number of aromatic nitrogens is 1. The van der Waals surface area contributed by atoms with E-state index in [0.717, 1.165) is 6.42 Å². The first-order chi connectivity index (χ1) is 6.68. The van der Waals surface area contributed by atoms with Gasteiger partial charge in [-0.1, -0.05) is 48.5 Å².